The first-order chi connectivity index (χ1) is 12.7. The van der Waals surface area contributed by atoms with Crippen LogP contribution in [0.2, 0.25) is 0 Å². The van der Waals surface area contributed by atoms with Gasteiger partial charge in [-0.3, -0.25) is 0 Å². The van der Waals surface area contributed by atoms with Gasteiger partial charge in [-0.25, -0.2) is 0 Å². The molecule has 0 aromatic carbocycles. The second-order valence-corrected chi connectivity index (χ2v) is 7.35. The summed E-state index contributed by atoms with van der Waals surface area (Å²) in [5.41, 5.74) is 0. The summed E-state index contributed by atoms with van der Waals surface area (Å²) >= 11 is 0. The highest BCUT2D eigenvalue weighted by atomic mass is 16.6. The Bertz CT molecular complexity index is 345. The van der Waals surface area contributed by atoms with Crippen molar-refractivity contribution in [3.8, 4) is 0 Å². The molecule has 0 aromatic rings. The van der Waals surface area contributed by atoms with Crippen molar-refractivity contribution < 1.29 is 24.8 Å². The topological polar surface area (TPSA) is 79.2 Å². The summed E-state index contributed by atoms with van der Waals surface area (Å²) in [6, 6.07) is 0. The van der Waals surface area contributed by atoms with E-state index in [-0.39, 0.29) is 13.2 Å². The molecule has 154 valence electrons. The van der Waals surface area contributed by atoms with E-state index in [0.29, 0.717) is 6.61 Å². The molecule has 5 nitrogen and oxygen atoms in total. The number of hydrogen-bond acceptors (Lipinski definition) is 5. The maximum atomic E-state index is 9.95. The Morgan fingerprint density at radius 2 is 1.54 bits per heavy atom. The van der Waals surface area contributed by atoms with E-state index in [1.54, 1.807) is 0 Å². The van der Waals surface area contributed by atoms with Crippen molar-refractivity contribution in [1.29, 1.82) is 0 Å². The lowest BCUT2D eigenvalue weighted by atomic mass is 10.0. The SMILES string of the molecule is CCCCCCCCCCCC/C=C/CO[C@H]1[C@H](O)[C@@H](O)CO[C@@H]1CO. The van der Waals surface area contributed by atoms with Gasteiger partial charge in [-0.05, 0) is 12.8 Å². The van der Waals surface area contributed by atoms with Crippen LogP contribution in [0.15, 0.2) is 12.2 Å². The lowest BCUT2D eigenvalue weighted by Crippen LogP contribution is -2.55. The van der Waals surface area contributed by atoms with Crippen LogP contribution in [0.1, 0.15) is 77.6 Å². The molecule has 5 heteroatoms. The van der Waals surface area contributed by atoms with Crippen molar-refractivity contribution in [3.63, 3.8) is 0 Å². The summed E-state index contributed by atoms with van der Waals surface area (Å²) < 4.78 is 10.9. The summed E-state index contributed by atoms with van der Waals surface area (Å²) in [7, 11) is 0. The van der Waals surface area contributed by atoms with E-state index in [4.69, 9.17) is 9.47 Å². The molecule has 0 spiro atoms. The predicted octanol–water partition coefficient (Wildman–Crippen LogP) is 3.35. The number of ether oxygens (including phenoxy) is 2. The van der Waals surface area contributed by atoms with E-state index in [9.17, 15) is 15.3 Å². The molecule has 1 heterocycles. The number of rotatable bonds is 15. The number of aliphatic hydroxyl groups excluding tert-OH is 3. The maximum absolute atomic E-state index is 9.95. The molecule has 0 radical (unpaired) electrons. The molecule has 26 heavy (non-hydrogen) atoms. The highest BCUT2D eigenvalue weighted by Crippen LogP contribution is 2.18. The Kier molecular flexibility index (Phi) is 14.1. The van der Waals surface area contributed by atoms with Crippen LogP contribution >= 0.6 is 0 Å². The molecular weight excluding hydrogens is 332 g/mol. The van der Waals surface area contributed by atoms with Crippen molar-refractivity contribution in [3.05, 3.63) is 12.2 Å². The summed E-state index contributed by atoms with van der Waals surface area (Å²) in [4.78, 5) is 0. The van der Waals surface area contributed by atoms with E-state index in [2.05, 4.69) is 13.0 Å². The van der Waals surface area contributed by atoms with E-state index in [1.807, 2.05) is 6.08 Å². The van der Waals surface area contributed by atoms with E-state index in [1.165, 1.54) is 64.2 Å². The average molecular weight is 373 g/mol. The van der Waals surface area contributed by atoms with Crippen molar-refractivity contribution in [2.24, 2.45) is 0 Å². The van der Waals surface area contributed by atoms with Gasteiger partial charge in [0.2, 0.25) is 0 Å². The van der Waals surface area contributed by atoms with Crippen molar-refractivity contribution in [2.75, 3.05) is 19.8 Å². The highest BCUT2D eigenvalue weighted by molar-refractivity contribution is 4.89. The molecule has 4 atom stereocenters. The fourth-order valence-corrected chi connectivity index (χ4v) is 3.32. The molecule has 1 fully saturated rings. The van der Waals surface area contributed by atoms with Crippen LogP contribution in [-0.2, 0) is 9.47 Å². The molecule has 1 rings (SSSR count). The van der Waals surface area contributed by atoms with Gasteiger partial charge in [-0.2, -0.15) is 0 Å². The van der Waals surface area contributed by atoms with Crippen LogP contribution in [0.5, 0.6) is 0 Å². The number of aliphatic hydroxyl groups is 3. The average Bonchev–Trinajstić information content (AvgIpc) is 2.65. The summed E-state index contributed by atoms with van der Waals surface area (Å²) in [6.07, 6.45) is 15.2. The molecule has 0 bridgehead atoms. The molecule has 3 N–H and O–H groups in total. The minimum Gasteiger partial charge on any atom is -0.394 e. The summed E-state index contributed by atoms with van der Waals surface area (Å²) in [5.74, 6) is 0. The Hall–Kier alpha value is -0.460. The fourth-order valence-electron chi connectivity index (χ4n) is 3.32. The lowest BCUT2D eigenvalue weighted by Gasteiger charge is -2.37. The first kappa shape index (κ1) is 23.6. The quantitative estimate of drug-likeness (QED) is 0.303. The first-order valence-corrected chi connectivity index (χ1v) is 10.6. The first-order valence-electron chi connectivity index (χ1n) is 10.6. The van der Waals surface area contributed by atoms with Crippen molar-refractivity contribution in [2.45, 2.75) is 102 Å². The molecule has 0 unspecified atom stereocenters. The largest absolute Gasteiger partial charge is 0.394 e. The van der Waals surface area contributed by atoms with Gasteiger partial charge in [0.25, 0.3) is 0 Å². The zero-order valence-electron chi connectivity index (χ0n) is 16.5. The minimum absolute atomic E-state index is 0.0286. The van der Waals surface area contributed by atoms with Gasteiger partial charge in [0.05, 0.1) is 19.8 Å². The van der Waals surface area contributed by atoms with Crippen LogP contribution < -0.4 is 0 Å². The molecule has 0 amide bonds. The Balaban J connectivity index is 1.97. The molecule has 0 aromatic heterocycles. The van der Waals surface area contributed by atoms with Gasteiger partial charge >= 0.3 is 0 Å². The molecule has 1 saturated heterocycles. The van der Waals surface area contributed by atoms with Crippen LogP contribution in [-0.4, -0.2) is 59.6 Å². The third kappa shape index (κ3) is 10.0. The van der Waals surface area contributed by atoms with E-state index >= 15 is 0 Å². The minimum atomic E-state index is -1.02. The van der Waals surface area contributed by atoms with Crippen molar-refractivity contribution >= 4 is 0 Å². The van der Waals surface area contributed by atoms with Crippen LogP contribution in [0.25, 0.3) is 0 Å². The van der Waals surface area contributed by atoms with Gasteiger partial charge in [-0.1, -0.05) is 76.9 Å². The van der Waals surface area contributed by atoms with Gasteiger partial charge < -0.3 is 24.8 Å². The second-order valence-electron chi connectivity index (χ2n) is 7.35. The van der Waals surface area contributed by atoms with Gasteiger partial charge in [0.15, 0.2) is 0 Å². The monoisotopic (exact) mass is 372 g/mol. The number of hydrogen-bond donors (Lipinski definition) is 3. The molecule has 0 saturated carbocycles. The van der Waals surface area contributed by atoms with Crippen molar-refractivity contribution in [1.82, 2.24) is 0 Å². The van der Waals surface area contributed by atoms with Crippen LogP contribution in [0.3, 0.4) is 0 Å². The Morgan fingerprint density at radius 3 is 2.15 bits per heavy atom. The highest BCUT2D eigenvalue weighted by Gasteiger charge is 2.38. The number of allylic oxidation sites excluding steroid dienone is 1. The third-order valence-corrected chi connectivity index (χ3v) is 5.03. The van der Waals surface area contributed by atoms with Crippen LogP contribution in [0.4, 0.5) is 0 Å². The van der Waals surface area contributed by atoms with Gasteiger partial charge in [-0.15, -0.1) is 0 Å². The molecular formula is C21H40O5. The second kappa shape index (κ2) is 15.6. The normalized spacial score (nSPS) is 26.6. The molecule has 0 aliphatic carbocycles. The standard InChI is InChI=1S/C21H40O5/c1-2-3-4-5-6-7-8-9-10-11-12-13-14-15-25-21-19(16-22)26-17-18(23)20(21)24/h13-14,18-24H,2-12,15-17H2,1H3/b14-13+/t18-,19+,20+,21+/m0/s1. The van der Waals surface area contributed by atoms with E-state index < -0.39 is 24.4 Å². The summed E-state index contributed by atoms with van der Waals surface area (Å²) in [6.45, 7) is 2.41. The zero-order chi connectivity index (χ0) is 19.0. The summed E-state index contributed by atoms with van der Waals surface area (Å²) in [5, 5.41) is 28.8. The predicted molar refractivity (Wildman–Crippen MR) is 104 cm³/mol. The van der Waals surface area contributed by atoms with E-state index in [0.717, 1.165) is 6.42 Å². The van der Waals surface area contributed by atoms with Gasteiger partial charge in [0, 0.05) is 0 Å². The lowest BCUT2D eigenvalue weighted by molar-refractivity contribution is -0.208. The molecule has 1 aliphatic rings. The Morgan fingerprint density at radius 1 is 0.923 bits per heavy atom. The third-order valence-electron chi connectivity index (χ3n) is 5.03. The molecule has 1 aliphatic heterocycles. The Labute approximate surface area is 159 Å². The fraction of sp³-hybridized carbons (Fsp3) is 0.905. The maximum Gasteiger partial charge on any atom is 0.115 e. The van der Waals surface area contributed by atoms with Crippen LogP contribution in [0, 0.1) is 0 Å². The zero-order valence-corrected chi connectivity index (χ0v) is 16.5. The smallest absolute Gasteiger partial charge is 0.115 e. The van der Waals surface area contributed by atoms with Gasteiger partial charge in [0.1, 0.15) is 24.4 Å². The number of unbranched alkanes of at least 4 members (excludes halogenated alkanes) is 10.